The molecule has 2 aromatic carbocycles. The van der Waals surface area contributed by atoms with E-state index in [1.165, 1.54) is 18.2 Å². The van der Waals surface area contributed by atoms with Gasteiger partial charge in [0.2, 0.25) is 11.8 Å². The lowest BCUT2D eigenvalue weighted by Crippen LogP contribution is -2.41. The molecule has 3 rings (SSSR count). The summed E-state index contributed by atoms with van der Waals surface area (Å²) in [5, 5.41) is 17.9. The summed E-state index contributed by atoms with van der Waals surface area (Å²) in [6.07, 6.45) is 0.0827. The van der Waals surface area contributed by atoms with Crippen molar-refractivity contribution in [1.29, 1.82) is 0 Å². The Labute approximate surface area is 154 Å². The van der Waals surface area contributed by atoms with Crippen molar-refractivity contribution in [2.45, 2.75) is 18.9 Å². The Morgan fingerprint density at radius 3 is 2.77 bits per heavy atom. The van der Waals surface area contributed by atoms with Gasteiger partial charge in [0.25, 0.3) is 5.91 Å². The highest BCUT2D eigenvalue weighted by Crippen LogP contribution is 2.27. The van der Waals surface area contributed by atoms with E-state index in [2.05, 4.69) is 16.0 Å². The fraction of sp³-hybridized carbons (Fsp3) is 0.167. The van der Waals surface area contributed by atoms with Crippen LogP contribution in [0, 0.1) is 0 Å². The first-order chi connectivity index (χ1) is 12.4. The number of phenols is 1. The number of hydrogen-bond donors (Lipinski definition) is 4. The van der Waals surface area contributed by atoms with Crippen LogP contribution in [0.5, 0.6) is 5.75 Å². The minimum atomic E-state index is -0.839. The number of fused-ring (bicyclic) bond motifs is 1. The van der Waals surface area contributed by atoms with Crippen molar-refractivity contribution in [2.75, 3.05) is 10.6 Å². The van der Waals surface area contributed by atoms with E-state index < -0.39 is 11.9 Å². The molecule has 0 aromatic heterocycles. The third-order valence-electron chi connectivity index (χ3n) is 3.94. The first kappa shape index (κ1) is 17.8. The van der Waals surface area contributed by atoms with Gasteiger partial charge in [-0.05, 0) is 36.8 Å². The Hall–Kier alpha value is -3.06. The summed E-state index contributed by atoms with van der Waals surface area (Å²) in [6, 6.07) is 10.1. The molecule has 1 unspecified atom stereocenters. The topological polar surface area (TPSA) is 108 Å². The van der Waals surface area contributed by atoms with Crippen molar-refractivity contribution in [3.05, 3.63) is 53.1 Å². The van der Waals surface area contributed by atoms with E-state index in [0.29, 0.717) is 16.3 Å². The van der Waals surface area contributed by atoms with Gasteiger partial charge < -0.3 is 21.1 Å². The highest BCUT2D eigenvalue weighted by atomic mass is 35.5. The van der Waals surface area contributed by atoms with Crippen molar-refractivity contribution < 1.29 is 19.5 Å². The average Bonchev–Trinajstić information content (AvgIpc) is 2.73. The van der Waals surface area contributed by atoms with Gasteiger partial charge in [-0.15, -0.1) is 0 Å². The van der Waals surface area contributed by atoms with Crippen molar-refractivity contribution in [2.24, 2.45) is 0 Å². The van der Waals surface area contributed by atoms with E-state index in [0.717, 1.165) is 0 Å². The highest BCUT2D eigenvalue weighted by molar-refractivity contribution is 6.31. The van der Waals surface area contributed by atoms with Gasteiger partial charge in [-0.1, -0.05) is 23.7 Å². The maximum absolute atomic E-state index is 12.3. The second-order valence-electron chi connectivity index (χ2n) is 5.81. The largest absolute Gasteiger partial charge is 0.506 e. The Kier molecular flexibility index (Phi) is 5.09. The fourth-order valence-electron chi connectivity index (χ4n) is 2.61. The number of para-hydroxylation sites is 1. The van der Waals surface area contributed by atoms with Crippen LogP contribution in [-0.4, -0.2) is 28.9 Å². The summed E-state index contributed by atoms with van der Waals surface area (Å²) in [4.78, 5) is 36.6. The molecule has 0 fully saturated rings. The predicted molar refractivity (Wildman–Crippen MR) is 97.3 cm³/mol. The third kappa shape index (κ3) is 3.94. The monoisotopic (exact) mass is 373 g/mol. The zero-order valence-corrected chi connectivity index (χ0v) is 14.3. The number of hydrogen-bond acceptors (Lipinski definition) is 4. The first-order valence-electron chi connectivity index (χ1n) is 7.93. The van der Waals surface area contributed by atoms with Gasteiger partial charge in [-0.2, -0.15) is 0 Å². The van der Waals surface area contributed by atoms with Crippen LogP contribution in [0.4, 0.5) is 11.4 Å². The summed E-state index contributed by atoms with van der Waals surface area (Å²) in [7, 11) is 0. The molecule has 0 bridgehead atoms. The number of anilines is 2. The lowest BCUT2D eigenvalue weighted by Gasteiger charge is -2.14. The zero-order chi connectivity index (χ0) is 18.7. The minimum absolute atomic E-state index is 0.0271. The number of halogens is 1. The highest BCUT2D eigenvalue weighted by Gasteiger charge is 2.27. The van der Waals surface area contributed by atoms with Gasteiger partial charge in [0, 0.05) is 11.4 Å². The van der Waals surface area contributed by atoms with Gasteiger partial charge in [-0.25, -0.2) is 0 Å². The molecule has 1 aliphatic rings. The number of benzene rings is 2. The molecular weight excluding hydrogens is 358 g/mol. The predicted octanol–water partition coefficient (Wildman–Crippen LogP) is 2.52. The summed E-state index contributed by atoms with van der Waals surface area (Å²) in [5.41, 5.74) is 0.992. The van der Waals surface area contributed by atoms with Crippen LogP contribution in [0.1, 0.15) is 23.2 Å². The molecule has 1 atom stereocenters. The first-order valence-corrected chi connectivity index (χ1v) is 8.31. The number of carbonyl (C=O) groups is 3. The molecule has 3 amide bonds. The van der Waals surface area contributed by atoms with Crippen LogP contribution in [0.3, 0.4) is 0 Å². The maximum atomic E-state index is 12.3. The summed E-state index contributed by atoms with van der Waals surface area (Å²) >= 11 is 5.83. The number of aromatic hydroxyl groups is 1. The normalized spacial score (nSPS) is 16.1. The molecule has 0 radical (unpaired) electrons. The van der Waals surface area contributed by atoms with Crippen LogP contribution < -0.4 is 16.0 Å². The summed E-state index contributed by atoms with van der Waals surface area (Å²) in [6.45, 7) is 0. The van der Waals surface area contributed by atoms with Gasteiger partial charge >= 0.3 is 0 Å². The van der Waals surface area contributed by atoms with Gasteiger partial charge in [-0.3, -0.25) is 14.4 Å². The molecule has 0 saturated heterocycles. The molecule has 1 aliphatic heterocycles. The number of rotatable bonds is 4. The Bertz CT molecular complexity index is 884. The van der Waals surface area contributed by atoms with E-state index in [9.17, 15) is 19.5 Å². The molecule has 0 spiro atoms. The van der Waals surface area contributed by atoms with Crippen LogP contribution in [0.2, 0.25) is 5.02 Å². The molecule has 7 nitrogen and oxygen atoms in total. The van der Waals surface area contributed by atoms with E-state index in [1.807, 2.05) is 0 Å². The van der Waals surface area contributed by atoms with E-state index in [1.54, 1.807) is 24.3 Å². The SMILES string of the molecule is O=C(CCC1NC(=O)c2ccccc2NC1=O)Nc1cc(Cl)ccc1O. The number of phenolic OH excluding ortho intramolecular Hbond substituents is 1. The standard InChI is InChI=1S/C18H16ClN3O4/c19-10-5-7-15(23)14(9-10)20-16(24)8-6-13-18(26)21-12-4-2-1-3-11(12)17(25)22-13/h1-5,7,9,13,23H,6,8H2,(H,20,24)(H,21,26)(H,22,25). The van der Waals surface area contributed by atoms with Crippen molar-refractivity contribution in [3.8, 4) is 5.75 Å². The Balaban J connectivity index is 1.62. The molecule has 0 aliphatic carbocycles. The van der Waals surface area contributed by atoms with E-state index in [-0.39, 0.29) is 36.1 Å². The molecule has 4 N–H and O–H groups in total. The lowest BCUT2D eigenvalue weighted by molar-refractivity contribution is -0.118. The van der Waals surface area contributed by atoms with E-state index >= 15 is 0 Å². The van der Waals surface area contributed by atoms with Gasteiger partial charge in [0.15, 0.2) is 0 Å². The molecule has 26 heavy (non-hydrogen) atoms. The fourth-order valence-corrected chi connectivity index (χ4v) is 2.78. The van der Waals surface area contributed by atoms with Crippen LogP contribution in [-0.2, 0) is 9.59 Å². The maximum Gasteiger partial charge on any atom is 0.254 e. The van der Waals surface area contributed by atoms with E-state index in [4.69, 9.17) is 11.6 Å². The number of amides is 3. The number of nitrogens with one attached hydrogen (secondary N) is 3. The molecule has 8 heteroatoms. The Morgan fingerprint density at radius 1 is 1.19 bits per heavy atom. The van der Waals surface area contributed by atoms with Gasteiger partial charge in [0.1, 0.15) is 11.8 Å². The minimum Gasteiger partial charge on any atom is -0.506 e. The molecule has 134 valence electrons. The zero-order valence-electron chi connectivity index (χ0n) is 13.6. The third-order valence-corrected chi connectivity index (χ3v) is 4.18. The lowest BCUT2D eigenvalue weighted by atomic mass is 10.1. The Morgan fingerprint density at radius 2 is 1.96 bits per heavy atom. The average molecular weight is 374 g/mol. The summed E-state index contributed by atoms with van der Waals surface area (Å²) < 4.78 is 0. The molecule has 0 saturated carbocycles. The van der Waals surface area contributed by atoms with Gasteiger partial charge in [0.05, 0.1) is 16.9 Å². The second kappa shape index (κ2) is 7.45. The quantitative estimate of drug-likeness (QED) is 0.617. The number of carbonyl (C=O) groups excluding carboxylic acids is 3. The second-order valence-corrected chi connectivity index (χ2v) is 6.25. The molecular formula is C18H16ClN3O4. The van der Waals surface area contributed by atoms with Crippen LogP contribution in [0.25, 0.3) is 0 Å². The summed E-state index contributed by atoms with van der Waals surface area (Å²) in [5.74, 6) is -1.29. The van der Waals surface area contributed by atoms with Crippen molar-refractivity contribution in [1.82, 2.24) is 5.32 Å². The molecule has 2 aromatic rings. The van der Waals surface area contributed by atoms with Crippen LogP contribution in [0.15, 0.2) is 42.5 Å². The molecule has 1 heterocycles. The van der Waals surface area contributed by atoms with Crippen molar-refractivity contribution >= 4 is 40.7 Å². The smallest absolute Gasteiger partial charge is 0.254 e. The van der Waals surface area contributed by atoms with Crippen molar-refractivity contribution in [3.63, 3.8) is 0 Å². The van der Waals surface area contributed by atoms with Crippen LogP contribution >= 0.6 is 11.6 Å².